The molecule has 0 spiro atoms. The molecule has 0 saturated carbocycles. The van der Waals surface area contributed by atoms with Crippen molar-refractivity contribution in [1.82, 2.24) is 0 Å². The normalized spacial score (nSPS) is 17.8. The number of thiophene rings is 1. The van der Waals surface area contributed by atoms with Gasteiger partial charge in [-0.3, -0.25) is 14.5 Å². The van der Waals surface area contributed by atoms with Gasteiger partial charge in [-0.25, -0.2) is 0 Å². The molecule has 1 saturated heterocycles. The number of halogens is 3. The Morgan fingerprint density at radius 2 is 1.75 bits per heavy atom. The Labute approximate surface area is 203 Å². The van der Waals surface area contributed by atoms with Gasteiger partial charge in [-0.05, 0) is 60.3 Å². The fourth-order valence-electron chi connectivity index (χ4n) is 3.70. The van der Waals surface area contributed by atoms with E-state index in [9.17, 15) is 14.7 Å². The van der Waals surface area contributed by atoms with Crippen LogP contribution in [0.15, 0.2) is 53.4 Å². The molecule has 1 N–H and O–H groups in total. The molecule has 1 unspecified atom stereocenters. The number of anilines is 1. The summed E-state index contributed by atoms with van der Waals surface area (Å²) >= 11 is 19.8. The van der Waals surface area contributed by atoms with Crippen LogP contribution in [0.25, 0.3) is 5.76 Å². The van der Waals surface area contributed by atoms with Crippen LogP contribution in [0.4, 0.5) is 5.69 Å². The van der Waals surface area contributed by atoms with Crippen LogP contribution in [0.2, 0.25) is 15.1 Å². The van der Waals surface area contributed by atoms with Gasteiger partial charge in [-0.2, -0.15) is 0 Å². The molecular formula is C23H16Cl3NO4S. The number of Topliss-reactive ketones (excluding diaryl/α,β-unsaturated/α-hetero) is 1. The van der Waals surface area contributed by atoms with Crippen LogP contribution in [-0.2, 0) is 9.59 Å². The van der Waals surface area contributed by atoms with Gasteiger partial charge in [0.1, 0.15) is 17.6 Å². The molecule has 1 atom stereocenters. The highest BCUT2D eigenvalue weighted by Crippen LogP contribution is 2.46. The Bertz CT molecular complexity index is 1270. The summed E-state index contributed by atoms with van der Waals surface area (Å²) in [5.41, 5.74) is 1.40. The molecule has 4 rings (SSSR count). The van der Waals surface area contributed by atoms with Gasteiger partial charge >= 0.3 is 0 Å². The first kappa shape index (κ1) is 22.7. The van der Waals surface area contributed by atoms with Gasteiger partial charge in [-0.1, -0.05) is 34.8 Å². The summed E-state index contributed by atoms with van der Waals surface area (Å²) in [4.78, 5) is 28.5. The largest absolute Gasteiger partial charge is 0.507 e. The lowest BCUT2D eigenvalue weighted by molar-refractivity contribution is -0.132. The van der Waals surface area contributed by atoms with Gasteiger partial charge in [0, 0.05) is 20.6 Å². The van der Waals surface area contributed by atoms with Gasteiger partial charge in [0.15, 0.2) is 0 Å². The van der Waals surface area contributed by atoms with Crippen molar-refractivity contribution in [1.29, 1.82) is 0 Å². The summed E-state index contributed by atoms with van der Waals surface area (Å²) in [6.45, 7) is 1.88. The first-order valence-electron chi connectivity index (χ1n) is 9.38. The summed E-state index contributed by atoms with van der Waals surface area (Å²) < 4.78 is 5.34. The lowest BCUT2D eigenvalue weighted by Gasteiger charge is -2.25. The van der Waals surface area contributed by atoms with Gasteiger partial charge < -0.3 is 9.84 Å². The summed E-state index contributed by atoms with van der Waals surface area (Å²) in [6.07, 6.45) is 0. The number of methoxy groups -OCH3 is 1. The van der Waals surface area contributed by atoms with Crippen molar-refractivity contribution in [3.8, 4) is 5.75 Å². The number of carbonyl (C=O) groups excluding carboxylic acids is 2. The zero-order chi connectivity index (χ0) is 23.2. The van der Waals surface area contributed by atoms with Crippen molar-refractivity contribution in [2.75, 3.05) is 12.0 Å². The molecule has 32 heavy (non-hydrogen) atoms. The molecule has 3 aromatic rings. The molecule has 2 aromatic carbocycles. The van der Waals surface area contributed by atoms with E-state index in [1.165, 1.54) is 35.5 Å². The highest BCUT2D eigenvalue weighted by Gasteiger charge is 2.48. The number of amides is 1. The van der Waals surface area contributed by atoms with Crippen molar-refractivity contribution < 1.29 is 19.4 Å². The fraction of sp³-hybridized carbons (Fsp3) is 0.130. The zero-order valence-electron chi connectivity index (χ0n) is 16.9. The van der Waals surface area contributed by atoms with E-state index >= 15 is 0 Å². The SMILES string of the molecule is COc1c(Cl)cc(Cl)cc1/C(O)=C1\C(=O)C(=O)N(c2ccc(Cl)cc2)C1c1sccc1C. The van der Waals surface area contributed by atoms with Crippen molar-refractivity contribution in [3.63, 3.8) is 0 Å². The van der Waals surface area contributed by atoms with E-state index < -0.39 is 23.5 Å². The molecule has 1 aliphatic rings. The molecule has 0 radical (unpaired) electrons. The first-order valence-corrected chi connectivity index (χ1v) is 11.4. The highest BCUT2D eigenvalue weighted by molar-refractivity contribution is 7.10. The van der Waals surface area contributed by atoms with Gasteiger partial charge in [0.05, 0.1) is 23.3 Å². The number of carbonyl (C=O) groups is 2. The number of hydrogen-bond donors (Lipinski definition) is 1. The third-order valence-electron chi connectivity index (χ3n) is 5.17. The number of aliphatic hydroxyl groups is 1. The number of benzene rings is 2. The summed E-state index contributed by atoms with van der Waals surface area (Å²) in [6, 6.07) is 10.5. The quantitative estimate of drug-likeness (QED) is 0.243. The topological polar surface area (TPSA) is 66.8 Å². The second-order valence-corrected chi connectivity index (χ2v) is 9.31. The predicted molar refractivity (Wildman–Crippen MR) is 128 cm³/mol. The zero-order valence-corrected chi connectivity index (χ0v) is 19.9. The number of aliphatic hydroxyl groups excluding tert-OH is 1. The number of rotatable bonds is 4. The maximum absolute atomic E-state index is 13.2. The number of hydrogen-bond acceptors (Lipinski definition) is 5. The minimum atomic E-state index is -0.848. The molecule has 1 aliphatic heterocycles. The van der Waals surface area contributed by atoms with Crippen molar-refractivity contribution in [2.24, 2.45) is 0 Å². The molecule has 1 fully saturated rings. The van der Waals surface area contributed by atoms with Gasteiger partial charge in [-0.15, -0.1) is 11.3 Å². The predicted octanol–water partition coefficient (Wildman–Crippen LogP) is 6.65. The molecule has 0 bridgehead atoms. The molecule has 164 valence electrons. The fourth-order valence-corrected chi connectivity index (χ4v) is 5.42. The Balaban J connectivity index is 2.00. The van der Waals surface area contributed by atoms with E-state index in [2.05, 4.69) is 0 Å². The van der Waals surface area contributed by atoms with E-state index in [0.717, 1.165) is 10.4 Å². The van der Waals surface area contributed by atoms with E-state index in [4.69, 9.17) is 39.5 Å². The van der Waals surface area contributed by atoms with Gasteiger partial charge in [0.2, 0.25) is 0 Å². The molecule has 2 heterocycles. The Morgan fingerprint density at radius 3 is 2.34 bits per heavy atom. The van der Waals surface area contributed by atoms with Crippen LogP contribution in [0.5, 0.6) is 5.75 Å². The highest BCUT2D eigenvalue weighted by atomic mass is 35.5. The number of nitrogens with zero attached hydrogens (tertiary/aromatic N) is 1. The van der Waals surface area contributed by atoms with E-state index in [1.54, 1.807) is 24.3 Å². The average molecular weight is 509 g/mol. The Morgan fingerprint density at radius 1 is 1.06 bits per heavy atom. The van der Waals surface area contributed by atoms with Gasteiger partial charge in [0.25, 0.3) is 11.7 Å². The maximum Gasteiger partial charge on any atom is 0.300 e. The second-order valence-electron chi connectivity index (χ2n) is 7.08. The maximum atomic E-state index is 13.2. The smallest absolute Gasteiger partial charge is 0.300 e. The van der Waals surface area contributed by atoms with Crippen molar-refractivity contribution in [2.45, 2.75) is 13.0 Å². The van der Waals surface area contributed by atoms with E-state index in [-0.39, 0.29) is 26.9 Å². The summed E-state index contributed by atoms with van der Waals surface area (Å²) in [7, 11) is 1.39. The molecule has 0 aliphatic carbocycles. The molecule has 1 amide bonds. The average Bonchev–Trinajstić information content (AvgIpc) is 3.28. The lowest BCUT2D eigenvalue weighted by Crippen LogP contribution is -2.29. The molecule has 5 nitrogen and oxygen atoms in total. The number of ether oxygens (including phenoxy) is 1. The van der Waals surface area contributed by atoms with Crippen LogP contribution >= 0.6 is 46.1 Å². The monoisotopic (exact) mass is 507 g/mol. The van der Waals surface area contributed by atoms with Crippen LogP contribution in [0.1, 0.15) is 22.0 Å². The first-order chi connectivity index (χ1) is 15.2. The minimum Gasteiger partial charge on any atom is -0.507 e. The second kappa shape index (κ2) is 8.79. The van der Waals surface area contributed by atoms with Crippen LogP contribution in [0, 0.1) is 6.92 Å². The van der Waals surface area contributed by atoms with Crippen molar-refractivity contribution >= 4 is 69.3 Å². The standard InChI is InChI=1S/C23H16Cl3NO4S/c1-11-7-8-32-22(11)18-17(19(28)15-9-13(25)10-16(26)21(15)31-2)20(29)23(30)27(18)14-5-3-12(24)4-6-14/h3-10,18,28H,1-2H3/b19-17+. The van der Waals surface area contributed by atoms with E-state index in [1.807, 2.05) is 18.4 Å². The summed E-state index contributed by atoms with van der Waals surface area (Å²) in [5, 5.41) is 14.1. The molecule has 1 aromatic heterocycles. The summed E-state index contributed by atoms with van der Waals surface area (Å²) in [5.74, 6) is -1.86. The minimum absolute atomic E-state index is 0.0767. The Hall–Kier alpha value is -2.51. The molecule has 9 heteroatoms. The van der Waals surface area contributed by atoms with Crippen LogP contribution < -0.4 is 9.64 Å². The number of ketones is 1. The van der Waals surface area contributed by atoms with Crippen LogP contribution in [0.3, 0.4) is 0 Å². The van der Waals surface area contributed by atoms with Crippen molar-refractivity contribution in [3.05, 3.63) is 84.5 Å². The van der Waals surface area contributed by atoms with E-state index in [0.29, 0.717) is 10.7 Å². The van der Waals surface area contributed by atoms with Crippen LogP contribution in [-0.4, -0.2) is 23.9 Å². The third kappa shape index (κ3) is 3.77. The number of aryl methyl sites for hydroxylation is 1. The molecular weight excluding hydrogens is 493 g/mol. The lowest BCUT2D eigenvalue weighted by atomic mass is 9.97. The Kier molecular flexibility index (Phi) is 6.23. The third-order valence-corrected chi connectivity index (χ3v) is 6.99.